The molecule has 3 rings (SSSR count). The molecule has 0 spiro atoms. The van der Waals surface area contributed by atoms with E-state index >= 15 is 0 Å². The van der Waals surface area contributed by atoms with Gasteiger partial charge in [-0.25, -0.2) is 8.78 Å². The Morgan fingerprint density at radius 2 is 1.44 bits per heavy atom. The summed E-state index contributed by atoms with van der Waals surface area (Å²) in [6, 6.07) is 14.2. The summed E-state index contributed by atoms with van der Waals surface area (Å²) in [4.78, 5) is 2.49. The van der Waals surface area contributed by atoms with Crippen molar-refractivity contribution < 1.29 is 8.78 Å². The number of nitrogens with one attached hydrogen (secondary N) is 1. The molecule has 4 heteroatoms. The summed E-state index contributed by atoms with van der Waals surface area (Å²) in [6.45, 7) is 6.24. The first kappa shape index (κ1) is 18.0. The minimum absolute atomic E-state index is 0.00213. The lowest BCUT2D eigenvalue weighted by molar-refractivity contribution is 0.0938. The number of halogens is 2. The first-order valence-corrected chi connectivity index (χ1v) is 9.12. The van der Waals surface area contributed by atoms with Gasteiger partial charge >= 0.3 is 0 Å². The number of nitrogens with zero attached hydrogens (tertiary/aromatic N) is 1. The molecule has 1 aliphatic rings. The van der Waals surface area contributed by atoms with Crippen LogP contribution < -0.4 is 5.32 Å². The number of piperazine rings is 1. The van der Waals surface area contributed by atoms with Crippen LogP contribution in [0.5, 0.6) is 0 Å². The van der Waals surface area contributed by atoms with Gasteiger partial charge in [0.25, 0.3) is 0 Å². The quantitative estimate of drug-likeness (QED) is 0.858. The third-order valence-corrected chi connectivity index (χ3v) is 5.21. The predicted octanol–water partition coefficient (Wildman–Crippen LogP) is 4.52. The molecule has 1 aliphatic heterocycles. The first-order chi connectivity index (χ1) is 12.1. The van der Waals surface area contributed by atoms with E-state index < -0.39 is 0 Å². The van der Waals surface area contributed by atoms with Crippen molar-refractivity contribution in [3.8, 4) is 0 Å². The lowest BCUT2D eigenvalue weighted by Crippen LogP contribution is -2.57. The zero-order valence-electron chi connectivity index (χ0n) is 14.9. The number of rotatable bonds is 5. The number of benzene rings is 2. The molecular weight excluding hydrogens is 318 g/mol. The largest absolute Gasteiger partial charge is 0.311 e. The van der Waals surface area contributed by atoms with Crippen LogP contribution in [0.1, 0.15) is 43.9 Å². The van der Waals surface area contributed by atoms with E-state index in [-0.39, 0.29) is 17.7 Å². The van der Waals surface area contributed by atoms with Crippen molar-refractivity contribution in [1.82, 2.24) is 10.2 Å². The van der Waals surface area contributed by atoms with Crippen molar-refractivity contribution in [2.45, 2.75) is 44.8 Å². The van der Waals surface area contributed by atoms with Crippen LogP contribution in [0.3, 0.4) is 0 Å². The Hall–Kier alpha value is -1.78. The van der Waals surface area contributed by atoms with E-state index in [1.165, 1.54) is 24.3 Å². The van der Waals surface area contributed by atoms with Crippen LogP contribution in [0.4, 0.5) is 8.78 Å². The Labute approximate surface area is 148 Å². The molecule has 0 amide bonds. The Morgan fingerprint density at radius 3 is 1.88 bits per heavy atom. The van der Waals surface area contributed by atoms with Crippen LogP contribution in [0.2, 0.25) is 0 Å². The predicted molar refractivity (Wildman–Crippen MR) is 97.5 cm³/mol. The second-order valence-corrected chi connectivity index (χ2v) is 6.78. The molecule has 2 aromatic carbocycles. The molecule has 1 saturated heterocycles. The van der Waals surface area contributed by atoms with Gasteiger partial charge in [-0.05, 0) is 48.2 Å². The monoisotopic (exact) mass is 344 g/mol. The van der Waals surface area contributed by atoms with E-state index in [1.807, 2.05) is 24.3 Å². The van der Waals surface area contributed by atoms with E-state index in [2.05, 4.69) is 24.1 Å². The molecule has 0 bridgehead atoms. The van der Waals surface area contributed by atoms with Crippen LogP contribution >= 0.6 is 0 Å². The molecule has 2 atom stereocenters. The third kappa shape index (κ3) is 4.07. The summed E-state index contributed by atoms with van der Waals surface area (Å²) in [6.07, 6.45) is 2.09. The molecule has 0 aromatic heterocycles. The van der Waals surface area contributed by atoms with Crippen LogP contribution in [-0.4, -0.2) is 30.1 Å². The molecule has 134 valence electrons. The maximum absolute atomic E-state index is 13.4. The van der Waals surface area contributed by atoms with E-state index in [0.717, 1.165) is 37.1 Å². The fourth-order valence-electron chi connectivity index (χ4n) is 3.72. The van der Waals surface area contributed by atoms with E-state index in [4.69, 9.17) is 0 Å². The molecule has 1 N–H and O–H groups in total. The minimum atomic E-state index is -0.236. The molecule has 0 unspecified atom stereocenters. The van der Waals surface area contributed by atoms with Crippen LogP contribution in [0.15, 0.2) is 48.5 Å². The van der Waals surface area contributed by atoms with Gasteiger partial charge in [0.05, 0.1) is 6.04 Å². The normalized spacial score (nSPS) is 21.6. The maximum Gasteiger partial charge on any atom is 0.123 e. The molecule has 1 fully saturated rings. The second-order valence-electron chi connectivity index (χ2n) is 6.78. The molecule has 2 aromatic rings. The summed E-state index contributed by atoms with van der Waals surface area (Å²) in [5, 5.41) is 3.61. The fraction of sp³-hybridized carbons (Fsp3) is 0.429. The van der Waals surface area contributed by atoms with Gasteiger partial charge in [0.2, 0.25) is 0 Å². The zero-order valence-corrected chi connectivity index (χ0v) is 14.9. The van der Waals surface area contributed by atoms with Gasteiger partial charge in [-0.15, -0.1) is 0 Å². The molecular formula is C21H26F2N2. The van der Waals surface area contributed by atoms with Gasteiger partial charge < -0.3 is 5.32 Å². The highest BCUT2D eigenvalue weighted by molar-refractivity contribution is 5.33. The van der Waals surface area contributed by atoms with Crippen molar-refractivity contribution in [3.05, 3.63) is 71.3 Å². The fourth-order valence-corrected chi connectivity index (χ4v) is 3.72. The third-order valence-electron chi connectivity index (χ3n) is 5.21. The van der Waals surface area contributed by atoms with Crippen LogP contribution in [0.25, 0.3) is 0 Å². The molecule has 0 saturated carbocycles. The van der Waals surface area contributed by atoms with Gasteiger partial charge in [0, 0.05) is 25.2 Å². The van der Waals surface area contributed by atoms with Crippen LogP contribution in [-0.2, 0) is 0 Å². The molecule has 0 aliphatic carbocycles. The summed E-state index contributed by atoms with van der Waals surface area (Å²) < 4.78 is 26.9. The molecule has 1 heterocycles. The van der Waals surface area contributed by atoms with Crippen molar-refractivity contribution >= 4 is 0 Å². The van der Waals surface area contributed by atoms with Gasteiger partial charge in [0.15, 0.2) is 0 Å². The lowest BCUT2D eigenvalue weighted by Gasteiger charge is -2.45. The summed E-state index contributed by atoms with van der Waals surface area (Å²) in [5.74, 6) is -0.471. The van der Waals surface area contributed by atoms with Crippen molar-refractivity contribution in [2.75, 3.05) is 13.1 Å². The highest BCUT2D eigenvalue weighted by Gasteiger charge is 2.33. The summed E-state index contributed by atoms with van der Waals surface area (Å²) in [7, 11) is 0. The average Bonchev–Trinajstić information content (AvgIpc) is 2.65. The van der Waals surface area contributed by atoms with Gasteiger partial charge in [-0.3, -0.25) is 4.90 Å². The first-order valence-electron chi connectivity index (χ1n) is 9.12. The Bertz CT molecular complexity index is 624. The topological polar surface area (TPSA) is 15.3 Å². The van der Waals surface area contributed by atoms with Gasteiger partial charge in [-0.2, -0.15) is 0 Å². The molecule has 0 radical (unpaired) electrons. The highest BCUT2D eigenvalue weighted by atomic mass is 19.1. The van der Waals surface area contributed by atoms with Gasteiger partial charge in [-0.1, -0.05) is 38.1 Å². The maximum atomic E-state index is 13.4. The van der Waals surface area contributed by atoms with E-state index in [1.54, 1.807) is 0 Å². The van der Waals surface area contributed by atoms with E-state index in [9.17, 15) is 8.78 Å². The van der Waals surface area contributed by atoms with E-state index in [0.29, 0.717) is 12.1 Å². The Balaban J connectivity index is 2.02. The SMILES string of the molecule is CC[C@H]1CN(C(c2ccc(F)cc2)c2ccc(F)cc2)[C@H](CC)CN1. The highest BCUT2D eigenvalue weighted by Crippen LogP contribution is 2.33. The van der Waals surface area contributed by atoms with Crippen LogP contribution in [0, 0.1) is 11.6 Å². The summed E-state index contributed by atoms with van der Waals surface area (Å²) in [5.41, 5.74) is 2.09. The molecule has 25 heavy (non-hydrogen) atoms. The number of hydrogen-bond acceptors (Lipinski definition) is 2. The minimum Gasteiger partial charge on any atom is -0.311 e. The van der Waals surface area contributed by atoms with Crippen molar-refractivity contribution in [1.29, 1.82) is 0 Å². The lowest BCUT2D eigenvalue weighted by atomic mass is 9.92. The molecule has 2 nitrogen and oxygen atoms in total. The van der Waals surface area contributed by atoms with Crippen molar-refractivity contribution in [3.63, 3.8) is 0 Å². The second kappa shape index (κ2) is 8.07. The average molecular weight is 344 g/mol. The Kier molecular flexibility index (Phi) is 5.82. The smallest absolute Gasteiger partial charge is 0.123 e. The van der Waals surface area contributed by atoms with Crippen molar-refractivity contribution in [2.24, 2.45) is 0 Å². The Morgan fingerprint density at radius 1 is 0.920 bits per heavy atom. The summed E-state index contributed by atoms with van der Waals surface area (Å²) >= 11 is 0. The number of hydrogen-bond donors (Lipinski definition) is 1. The van der Waals surface area contributed by atoms with Gasteiger partial charge in [0.1, 0.15) is 11.6 Å². The zero-order chi connectivity index (χ0) is 17.8. The standard InChI is InChI=1S/C21H26F2N2/c1-3-19-14-25(20(4-2)13-24-19)21(15-5-9-17(22)10-6-15)16-7-11-18(23)12-8-16/h5-12,19-21,24H,3-4,13-14H2,1-2H3/t19-,20+/m0/s1.